The summed E-state index contributed by atoms with van der Waals surface area (Å²) in [6, 6.07) is 2.01. The molecule has 6 heteroatoms. The van der Waals surface area contributed by atoms with Gasteiger partial charge in [-0.15, -0.1) is 0 Å². The highest BCUT2D eigenvalue weighted by Gasteiger charge is 2.34. The summed E-state index contributed by atoms with van der Waals surface area (Å²) in [4.78, 5) is 25.3. The molecule has 21 heavy (non-hydrogen) atoms. The van der Waals surface area contributed by atoms with E-state index in [1.165, 1.54) is 4.70 Å². The fourth-order valence-electron chi connectivity index (χ4n) is 2.82. The van der Waals surface area contributed by atoms with Crippen LogP contribution in [0.1, 0.15) is 19.3 Å². The van der Waals surface area contributed by atoms with Crippen LogP contribution in [0.5, 0.6) is 0 Å². The first-order valence-electron chi connectivity index (χ1n) is 7.55. The van der Waals surface area contributed by atoms with Crippen molar-refractivity contribution in [3.63, 3.8) is 0 Å². The lowest BCUT2D eigenvalue weighted by molar-refractivity contribution is -0.132. The monoisotopic (exact) mass is 302 g/mol. The van der Waals surface area contributed by atoms with Crippen molar-refractivity contribution < 1.29 is 4.79 Å². The average molecular weight is 302 g/mol. The molecule has 5 nitrogen and oxygen atoms in total. The number of aromatic nitrogens is 2. The lowest BCUT2D eigenvalue weighted by atomic mass is 10.3. The molecule has 110 valence electrons. The van der Waals surface area contributed by atoms with E-state index in [0.717, 1.165) is 56.1 Å². The number of hydrogen-bond donors (Lipinski definition) is 0. The quantitative estimate of drug-likeness (QED) is 0.853. The Kier molecular flexibility index (Phi) is 3.25. The molecule has 0 unspecified atom stereocenters. The predicted molar refractivity (Wildman–Crippen MR) is 83.5 cm³/mol. The van der Waals surface area contributed by atoms with Gasteiger partial charge in [0.05, 0.1) is 10.9 Å². The molecule has 2 aliphatic rings. The highest BCUT2D eigenvalue weighted by atomic mass is 32.1. The Balaban J connectivity index is 1.49. The van der Waals surface area contributed by atoms with Crippen molar-refractivity contribution in [3.8, 4) is 0 Å². The van der Waals surface area contributed by atoms with Gasteiger partial charge in [-0.2, -0.15) is 0 Å². The summed E-state index contributed by atoms with van der Waals surface area (Å²) in [7, 11) is 0. The molecule has 1 aliphatic carbocycles. The molecule has 0 bridgehead atoms. The number of carbonyl (C=O) groups excluding carboxylic acids is 1. The maximum atomic E-state index is 12.2. The molecule has 1 saturated carbocycles. The predicted octanol–water partition coefficient (Wildman–Crippen LogP) is 2.14. The van der Waals surface area contributed by atoms with Crippen molar-refractivity contribution in [3.05, 3.63) is 18.5 Å². The molecule has 0 spiro atoms. The van der Waals surface area contributed by atoms with Gasteiger partial charge in [-0.25, -0.2) is 4.98 Å². The smallest absolute Gasteiger partial charge is 0.225 e. The third-order valence-corrected chi connectivity index (χ3v) is 5.28. The fraction of sp³-hybridized carbons (Fsp3) is 0.533. The van der Waals surface area contributed by atoms with Crippen molar-refractivity contribution in [1.29, 1.82) is 0 Å². The average Bonchev–Trinajstić information content (AvgIpc) is 3.29. The molecule has 1 aliphatic heterocycles. The fourth-order valence-corrected chi connectivity index (χ4v) is 3.80. The van der Waals surface area contributed by atoms with E-state index in [-0.39, 0.29) is 0 Å². The Bertz CT molecular complexity index is 633. The number of thiazole rings is 1. The van der Waals surface area contributed by atoms with E-state index >= 15 is 0 Å². The second kappa shape index (κ2) is 5.26. The van der Waals surface area contributed by atoms with Gasteiger partial charge >= 0.3 is 0 Å². The van der Waals surface area contributed by atoms with Crippen molar-refractivity contribution in [2.75, 3.05) is 31.1 Å². The van der Waals surface area contributed by atoms with Crippen LogP contribution in [0.4, 0.5) is 5.13 Å². The van der Waals surface area contributed by atoms with Crippen LogP contribution in [-0.2, 0) is 4.79 Å². The van der Waals surface area contributed by atoms with Crippen LogP contribution in [0, 0.1) is 5.92 Å². The van der Waals surface area contributed by atoms with E-state index in [4.69, 9.17) is 0 Å². The van der Waals surface area contributed by atoms with Crippen molar-refractivity contribution in [2.24, 2.45) is 5.92 Å². The molecule has 4 rings (SSSR count). The second-order valence-corrected chi connectivity index (χ2v) is 6.79. The molecule has 0 aromatic carbocycles. The van der Waals surface area contributed by atoms with Crippen LogP contribution < -0.4 is 4.90 Å². The zero-order chi connectivity index (χ0) is 14.2. The standard InChI is InChI=1S/C15H18N4OS/c20-14(11-2-3-11)18-6-1-7-19(9-8-18)15-17-12-10-16-5-4-13(12)21-15/h4-5,10-11H,1-3,6-9H2. The Morgan fingerprint density at radius 2 is 2.14 bits per heavy atom. The van der Waals surface area contributed by atoms with E-state index in [1.54, 1.807) is 11.3 Å². The lowest BCUT2D eigenvalue weighted by Gasteiger charge is -2.21. The van der Waals surface area contributed by atoms with Crippen molar-refractivity contribution in [1.82, 2.24) is 14.9 Å². The summed E-state index contributed by atoms with van der Waals surface area (Å²) >= 11 is 1.71. The zero-order valence-electron chi connectivity index (χ0n) is 11.9. The summed E-state index contributed by atoms with van der Waals surface area (Å²) in [5.74, 6) is 0.690. The van der Waals surface area contributed by atoms with Crippen LogP contribution >= 0.6 is 11.3 Å². The number of amides is 1. The second-order valence-electron chi connectivity index (χ2n) is 5.78. The number of pyridine rings is 1. The van der Waals surface area contributed by atoms with E-state index in [0.29, 0.717) is 11.8 Å². The Morgan fingerprint density at radius 3 is 2.95 bits per heavy atom. The highest BCUT2D eigenvalue weighted by molar-refractivity contribution is 7.22. The van der Waals surface area contributed by atoms with Gasteiger partial charge in [0.25, 0.3) is 0 Å². The minimum absolute atomic E-state index is 0.324. The molecule has 2 fully saturated rings. The van der Waals surface area contributed by atoms with Gasteiger partial charge in [0.1, 0.15) is 5.52 Å². The number of rotatable bonds is 2. The molecule has 2 aromatic rings. The summed E-state index contributed by atoms with van der Waals surface area (Å²) in [5, 5.41) is 1.05. The van der Waals surface area contributed by atoms with Gasteiger partial charge in [-0.1, -0.05) is 11.3 Å². The first-order valence-corrected chi connectivity index (χ1v) is 8.37. The van der Waals surface area contributed by atoms with Crippen LogP contribution in [-0.4, -0.2) is 47.0 Å². The summed E-state index contributed by atoms with van der Waals surface area (Å²) < 4.78 is 1.18. The molecule has 0 radical (unpaired) electrons. The number of carbonyl (C=O) groups is 1. The van der Waals surface area contributed by atoms with Gasteiger partial charge < -0.3 is 9.80 Å². The normalized spacial score (nSPS) is 19.8. The van der Waals surface area contributed by atoms with E-state index < -0.39 is 0 Å². The van der Waals surface area contributed by atoms with Crippen LogP contribution in [0.15, 0.2) is 18.5 Å². The molecule has 1 saturated heterocycles. The van der Waals surface area contributed by atoms with E-state index in [1.807, 2.05) is 23.4 Å². The summed E-state index contributed by atoms with van der Waals surface area (Å²) in [5.41, 5.74) is 0.965. The molecule has 0 atom stereocenters. The molecular formula is C15H18N4OS. The van der Waals surface area contributed by atoms with Crippen LogP contribution in [0.2, 0.25) is 0 Å². The maximum absolute atomic E-state index is 12.2. The number of hydrogen-bond acceptors (Lipinski definition) is 5. The van der Waals surface area contributed by atoms with Gasteiger partial charge in [-0.3, -0.25) is 9.78 Å². The van der Waals surface area contributed by atoms with Gasteiger partial charge in [0, 0.05) is 38.3 Å². The minimum Gasteiger partial charge on any atom is -0.346 e. The molecular weight excluding hydrogens is 284 g/mol. The van der Waals surface area contributed by atoms with Gasteiger partial charge in [0.2, 0.25) is 5.91 Å². The van der Waals surface area contributed by atoms with Gasteiger partial charge in [0.15, 0.2) is 5.13 Å². The van der Waals surface area contributed by atoms with Crippen molar-refractivity contribution >= 4 is 32.6 Å². The maximum Gasteiger partial charge on any atom is 0.225 e. The van der Waals surface area contributed by atoms with Crippen LogP contribution in [0.3, 0.4) is 0 Å². The third kappa shape index (κ3) is 2.60. The largest absolute Gasteiger partial charge is 0.346 e. The summed E-state index contributed by atoms with van der Waals surface area (Å²) in [6.45, 7) is 3.56. The highest BCUT2D eigenvalue weighted by Crippen LogP contribution is 2.32. The Labute approximate surface area is 127 Å². The third-order valence-electron chi connectivity index (χ3n) is 4.18. The molecule has 3 heterocycles. The number of anilines is 1. The first kappa shape index (κ1) is 13.0. The Morgan fingerprint density at radius 1 is 1.24 bits per heavy atom. The number of fused-ring (bicyclic) bond motifs is 1. The topological polar surface area (TPSA) is 49.3 Å². The van der Waals surface area contributed by atoms with Crippen molar-refractivity contribution in [2.45, 2.75) is 19.3 Å². The molecule has 0 N–H and O–H groups in total. The van der Waals surface area contributed by atoms with E-state index in [9.17, 15) is 4.79 Å². The Hall–Kier alpha value is -1.69. The van der Waals surface area contributed by atoms with Crippen LogP contribution in [0.25, 0.3) is 10.2 Å². The zero-order valence-corrected chi connectivity index (χ0v) is 12.7. The SMILES string of the molecule is O=C(C1CC1)N1CCCN(c2nc3cnccc3s2)CC1. The summed E-state index contributed by atoms with van der Waals surface area (Å²) in [6.07, 6.45) is 6.82. The van der Waals surface area contributed by atoms with E-state index in [2.05, 4.69) is 14.9 Å². The molecule has 2 aromatic heterocycles. The number of nitrogens with zero attached hydrogens (tertiary/aromatic N) is 4. The lowest BCUT2D eigenvalue weighted by Crippen LogP contribution is -2.36. The molecule has 1 amide bonds. The first-order chi connectivity index (χ1) is 10.3. The minimum atomic E-state index is 0.324. The van der Waals surface area contributed by atoms with Gasteiger partial charge in [-0.05, 0) is 25.3 Å².